The normalized spacial score (nSPS) is 23.6. The lowest BCUT2D eigenvalue weighted by molar-refractivity contribution is 0.0222. The minimum atomic E-state index is -0.496. The highest BCUT2D eigenvalue weighted by molar-refractivity contribution is 9.10. The lowest BCUT2D eigenvalue weighted by Gasteiger charge is -2.29. The number of nitrogens with zero attached hydrogens (tertiary/aromatic N) is 2. The van der Waals surface area contributed by atoms with Gasteiger partial charge in [0.05, 0.1) is 22.8 Å². The van der Waals surface area contributed by atoms with Crippen LogP contribution < -0.4 is 4.74 Å². The number of halogens is 1. The smallest absolute Gasteiger partial charge is 0.410 e. The van der Waals surface area contributed by atoms with Crippen molar-refractivity contribution in [3.8, 4) is 5.75 Å². The van der Waals surface area contributed by atoms with E-state index in [1.807, 2.05) is 27.7 Å². The Hall–Kier alpha value is -1.30. The average Bonchev–Trinajstić information content (AvgIpc) is 2.71. The summed E-state index contributed by atoms with van der Waals surface area (Å²) in [7, 11) is 0. The van der Waals surface area contributed by atoms with Crippen LogP contribution in [0.1, 0.15) is 44.5 Å². The number of ether oxygens (including phenoxy) is 2. The Morgan fingerprint density at radius 2 is 2.24 bits per heavy atom. The van der Waals surface area contributed by atoms with E-state index in [9.17, 15) is 4.79 Å². The molecule has 5 nitrogen and oxygen atoms in total. The van der Waals surface area contributed by atoms with Crippen molar-refractivity contribution in [3.63, 3.8) is 0 Å². The summed E-state index contributed by atoms with van der Waals surface area (Å²) in [6.07, 6.45) is 2.33. The third-order valence-corrected chi connectivity index (χ3v) is 4.64. The van der Waals surface area contributed by atoms with E-state index in [4.69, 9.17) is 9.47 Å². The van der Waals surface area contributed by atoms with E-state index in [1.165, 1.54) is 0 Å². The summed E-state index contributed by atoms with van der Waals surface area (Å²) in [6, 6.07) is -0.0157. The topological polar surface area (TPSA) is 51.7 Å². The largest absolute Gasteiger partial charge is 0.487 e. The predicted octanol–water partition coefficient (Wildman–Crippen LogP) is 3.60. The van der Waals surface area contributed by atoms with Gasteiger partial charge in [-0.3, -0.25) is 9.88 Å². The quantitative estimate of drug-likeness (QED) is 0.714. The van der Waals surface area contributed by atoms with Crippen molar-refractivity contribution in [3.05, 3.63) is 21.9 Å². The van der Waals surface area contributed by atoms with Gasteiger partial charge in [-0.15, -0.1) is 0 Å². The Morgan fingerprint density at radius 1 is 1.52 bits per heavy atom. The molecule has 3 rings (SSSR count). The van der Waals surface area contributed by atoms with Gasteiger partial charge in [-0.05, 0) is 43.6 Å². The number of pyridine rings is 1. The van der Waals surface area contributed by atoms with Gasteiger partial charge in [-0.1, -0.05) is 0 Å². The number of likely N-dealkylation sites (tertiary alicyclic amines) is 1. The predicted molar refractivity (Wildman–Crippen MR) is 81.4 cm³/mol. The molecule has 114 valence electrons. The number of carbonyl (C=O) groups excluding carboxylic acids is 1. The van der Waals surface area contributed by atoms with Gasteiger partial charge in [-0.2, -0.15) is 0 Å². The molecule has 1 amide bonds. The van der Waals surface area contributed by atoms with Crippen LogP contribution in [0.25, 0.3) is 0 Å². The molecule has 1 aromatic heterocycles. The molecule has 1 saturated heterocycles. The lowest BCUT2D eigenvalue weighted by atomic mass is 10.0. The molecular formula is C15H19BrN2O3. The Labute approximate surface area is 132 Å². The SMILES string of the molecule is Cc1ncc2c(c1Br)O[C@H]1C[C@@H]2N(C(=O)OC(C)(C)C)C1. The summed E-state index contributed by atoms with van der Waals surface area (Å²) >= 11 is 3.53. The number of rotatable bonds is 0. The zero-order valence-electron chi connectivity index (χ0n) is 12.6. The minimum absolute atomic E-state index is 0.0157. The second-order valence-electron chi connectivity index (χ2n) is 6.57. The van der Waals surface area contributed by atoms with E-state index in [0.717, 1.165) is 27.9 Å². The number of amides is 1. The Bertz CT molecular complexity index is 597. The maximum atomic E-state index is 12.4. The molecule has 21 heavy (non-hydrogen) atoms. The molecule has 2 bridgehead atoms. The summed E-state index contributed by atoms with van der Waals surface area (Å²) in [5, 5.41) is 0. The second-order valence-corrected chi connectivity index (χ2v) is 7.36. The number of hydrogen-bond acceptors (Lipinski definition) is 4. The highest BCUT2D eigenvalue weighted by atomic mass is 79.9. The molecule has 0 aromatic carbocycles. The Balaban J connectivity index is 1.92. The molecule has 3 heterocycles. The van der Waals surface area contributed by atoms with E-state index in [-0.39, 0.29) is 18.2 Å². The van der Waals surface area contributed by atoms with Crippen LogP contribution in [0.5, 0.6) is 5.75 Å². The van der Waals surface area contributed by atoms with E-state index < -0.39 is 5.60 Å². The third-order valence-electron chi connectivity index (χ3n) is 3.71. The molecule has 0 saturated carbocycles. The van der Waals surface area contributed by atoms with Crippen molar-refractivity contribution < 1.29 is 14.3 Å². The van der Waals surface area contributed by atoms with Gasteiger partial charge in [0, 0.05) is 18.2 Å². The molecule has 2 aliphatic heterocycles. The van der Waals surface area contributed by atoms with Crippen molar-refractivity contribution in [1.82, 2.24) is 9.88 Å². The number of carbonyl (C=O) groups is 1. The number of aryl methyl sites for hydroxylation is 1. The molecular weight excluding hydrogens is 336 g/mol. The standard InChI is InChI=1S/C15H19BrN2O3/c1-8-12(16)13-10(6-17-8)11-5-9(20-13)7-18(11)14(19)21-15(2,3)4/h6,9,11H,5,7H2,1-4H3/t9-,11-/m0/s1. The molecule has 2 atom stereocenters. The molecule has 0 unspecified atom stereocenters. The molecule has 2 aliphatic rings. The van der Waals surface area contributed by atoms with E-state index in [0.29, 0.717) is 6.54 Å². The van der Waals surface area contributed by atoms with Crippen molar-refractivity contribution >= 4 is 22.0 Å². The van der Waals surface area contributed by atoms with Gasteiger partial charge in [-0.25, -0.2) is 4.79 Å². The highest BCUT2D eigenvalue weighted by Gasteiger charge is 2.45. The fourth-order valence-electron chi connectivity index (χ4n) is 2.80. The second kappa shape index (κ2) is 4.87. The average molecular weight is 355 g/mol. The van der Waals surface area contributed by atoms with E-state index in [1.54, 1.807) is 11.1 Å². The van der Waals surface area contributed by atoms with Gasteiger partial charge >= 0.3 is 6.09 Å². The molecule has 1 aromatic rings. The summed E-state index contributed by atoms with van der Waals surface area (Å²) in [5.74, 6) is 0.815. The fraction of sp³-hybridized carbons (Fsp3) is 0.600. The number of hydrogen-bond donors (Lipinski definition) is 0. The van der Waals surface area contributed by atoms with Crippen LogP contribution in [0.15, 0.2) is 10.7 Å². The first kappa shape index (κ1) is 14.6. The Morgan fingerprint density at radius 3 is 2.90 bits per heavy atom. The van der Waals surface area contributed by atoms with Crippen molar-refractivity contribution in [2.24, 2.45) is 0 Å². The summed E-state index contributed by atoms with van der Waals surface area (Å²) < 4.78 is 12.4. The minimum Gasteiger partial charge on any atom is -0.487 e. The number of aromatic nitrogens is 1. The highest BCUT2D eigenvalue weighted by Crippen LogP contribution is 2.47. The van der Waals surface area contributed by atoms with Crippen LogP contribution >= 0.6 is 15.9 Å². The van der Waals surface area contributed by atoms with Gasteiger partial charge in [0.15, 0.2) is 0 Å². The zero-order chi connectivity index (χ0) is 15.4. The van der Waals surface area contributed by atoms with Crippen molar-refractivity contribution in [1.29, 1.82) is 0 Å². The van der Waals surface area contributed by atoms with E-state index >= 15 is 0 Å². The molecule has 0 spiro atoms. The fourth-order valence-corrected chi connectivity index (χ4v) is 3.22. The van der Waals surface area contributed by atoms with Gasteiger partial charge < -0.3 is 9.47 Å². The zero-order valence-corrected chi connectivity index (χ0v) is 14.2. The molecule has 0 N–H and O–H groups in total. The monoisotopic (exact) mass is 354 g/mol. The van der Waals surface area contributed by atoms with Gasteiger partial charge in [0.2, 0.25) is 0 Å². The van der Waals surface area contributed by atoms with Crippen LogP contribution in [-0.4, -0.2) is 34.2 Å². The van der Waals surface area contributed by atoms with Crippen molar-refractivity contribution in [2.75, 3.05) is 6.54 Å². The van der Waals surface area contributed by atoms with Gasteiger partial charge in [0.25, 0.3) is 0 Å². The molecule has 1 fully saturated rings. The van der Waals surface area contributed by atoms with Crippen LogP contribution in [0.3, 0.4) is 0 Å². The Kier molecular flexibility index (Phi) is 3.39. The van der Waals surface area contributed by atoms with Crippen LogP contribution in [0.2, 0.25) is 0 Å². The maximum absolute atomic E-state index is 12.4. The van der Waals surface area contributed by atoms with Gasteiger partial charge in [0.1, 0.15) is 17.5 Å². The molecule has 6 heteroatoms. The van der Waals surface area contributed by atoms with Crippen LogP contribution in [-0.2, 0) is 4.74 Å². The van der Waals surface area contributed by atoms with Crippen LogP contribution in [0.4, 0.5) is 4.79 Å². The summed E-state index contributed by atoms with van der Waals surface area (Å²) in [4.78, 5) is 18.5. The number of fused-ring (bicyclic) bond motifs is 4. The molecule has 0 aliphatic carbocycles. The summed E-state index contributed by atoms with van der Waals surface area (Å²) in [6.45, 7) is 8.10. The third kappa shape index (κ3) is 2.61. The maximum Gasteiger partial charge on any atom is 0.410 e. The van der Waals surface area contributed by atoms with Crippen LogP contribution in [0, 0.1) is 6.92 Å². The van der Waals surface area contributed by atoms with Crippen molar-refractivity contribution in [2.45, 2.75) is 51.9 Å². The van der Waals surface area contributed by atoms with E-state index in [2.05, 4.69) is 20.9 Å². The first-order valence-corrected chi connectivity index (χ1v) is 7.87. The first-order valence-electron chi connectivity index (χ1n) is 7.07. The molecule has 0 radical (unpaired) electrons. The first-order chi connectivity index (χ1) is 9.76. The summed E-state index contributed by atoms with van der Waals surface area (Å²) in [5.41, 5.74) is 1.34. The lowest BCUT2D eigenvalue weighted by Crippen LogP contribution is -2.36.